The van der Waals surface area contributed by atoms with E-state index < -0.39 is 10.8 Å². The molecule has 3 rings (SSSR count). The highest BCUT2D eigenvalue weighted by Crippen LogP contribution is 2.19. The van der Waals surface area contributed by atoms with Crippen LogP contribution in [-0.4, -0.2) is 23.3 Å². The van der Waals surface area contributed by atoms with E-state index in [2.05, 4.69) is 16.0 Å². The lowest BCUT2D eigenvalue weighted by atomic mass is 10.1. The summed E-state index contributed by atoms with van der Waals surface area (Å²) in [6, 6.07) is 20.0. The van der Waals surface area contributed by atoms with E-state index in [1.165, 1.54) is 18.2 Å². The SMILES string of the molecule is Cc1ccc(NC(=O)c2ccccc2NCC(=O)Nc2cccc([N+](=O)[O-])c2)cc1. The van der Waals surface area contributed by atoms with Crippen LogP contribution in [0.2, 0.25) is 0 Å². The molecule has 0 saturated carbocycles. The van der Waals surface area contributed by atoms with Gasteiger partial charge in [-0.1, -0.05) is 35.9 Å². The lowest BCUT2D eigenvalue weighted by molar-refractivity contribution is -0.384. The minimum absolute atomic E-state index is 0.112. The van der Waals surface area contributed by atoms with Gasteiger partial charge in [0.1, 0.15) is 0 Å². The van der Waals surface area contributed by atoms with E-state index in [-0.39, 0.29) is 18.1 Å². The first-order chi connectivity index (χ1) is 14.4. The van der Waals surface area contributed by atoms with Gasteiger partial charge in [-0.15, -0.1) is 0 Å². The van der Waals surface area contributed by atoms with E-state index in [1.807, 2.05) is 31.2 Å². The Morgan fingerprint density at radius 1 is 0.900 bits per heavy atom. The molecule has 152 valence electrons. The fourth-order valence-corrected chi connectivity index (χ4v) is 2.75. The van der Waals surface area contributed by atoms with Crippen LogP contribution < -0.4 is 16.0 Å². The maximum atomic E-state index is 12.6. The monoisotopic (exact) mass is 404 g/mol. The zero-order valence-electron chi connectivity index (χ0n) is 16.2. The highest BCUT2D eigenvalue weighted by molar-refractivity contribution is 6.08. The van der Waals surface area contributed by atoms with Gasteiger partial charge < -0.3 is 16.0 Å². The number of nitrogens with zero attached hydrogens (tertiary/aromatic N) is 1. The molecule has 0 saturated heterocycles. The first-order valence-corrected chi connectivity index (χ1v) is 9.17. The maximum absolute atomic E-state index is 12.6. The van der Waals surface area contributed by atoms with Crippen molar-refractivity contribution in [2.75, 3.05) is 22.5 Å². The molecule has 0 spiro atoms. The number of carbonyl (C=O) groups is 2. The number of anilines is 3. The van der Waals surface area contributed by atoms with Gasteiger partial charge in [-0.2, -0.15) is 0 Å². The summed E-state index contributed by atoms with van der Waals surface area (Å²) in [5.41, 5.74) is 2.85. The molecule has 0 aliphatic rings. The third-order valence-electron chi connectivity index (χ3n) is 4.26. The Morgan fingerprint density at radius 2 is 1.63 bits per heavy atom. The van der Waals surface area contributed by atoms with Crippen LogP contribution in [0.4, 0.5) is 22.7 Å². The summed E-state index contributed by atoms with van der Waals surface area (Å²) >= 11 is 0. The van der Waals surface area contributed by atoms with E-state index in [0.29, 0.717) is 22.6 Å². The van der Waals surface area contributed by atoms with Gasteiger partial charge in [-0.25, -0.2) is 0 Å². The summed E-state index contributed by atoms with van der Waals surface area (Å²) in [6.45, 7) is 1.85. The van der Waals surface area contributed by atoms with Crippen molar-refractivity contribution in [1.29, 1.82) is 0 Å². The molecule has 8 heteroatoms. The summed E-state index contributed by atoms with van der Waals surface area (Å²) in [4.78, 5) is 35.2. The lowest BCUT2D eigenvalue weighted by Crippen LogP contribution is -2.23. The Hall–Kier alpha value is -4.20. The quantitative estimate of drug-likeness (QED) is 0.403. The van der Waals surface area contributed by atoms with Gasteiger partial charge in [-0.05, 0) is 37.3 Å². The number of hydrogen-bond acceptors (Lipinski definition) is 5. The van der Waals surface area contributed by atoms with Crippen LogP contribution in [0.1, 0.15) is 15.9 Å². The fraction of sp³-hybridized carbons (Fsp3) is 0.0909. The van der Waals surface area contributed by atoms with Gasteiger partial charge in [-0.3, -0.25) is 19.7 Å². The number of aryl methyl sites for hydroxylation is 1. The number of carbonyl (C=O) groups excluding carboxylic acids is 2. The van der Waals surface area contributed by atoms with Crippen molar-refractivity contribution in [3.8, 4) is 0 Å². The van der Waals surface area contributed by atoms with Gasteiger partial charge in [0.25, 0.3) is 11.6 Å². The molecule has 30 heavy (non-hydrogen) atoms. The molecule has 3 aromatic rings. The van der Waals surface area contributed by atoms with Gasteiger partial charge in [0.05, 0.1) is 17.0 Å². The minimum atomic E-state index is -0.531. The molecule has 3 N–H and O–H groups in total. The molecule has 0 aliphatic carbocycles. The van der Waals surface area contributed by atoms with Gasteiger partial charge in [0, 0.05) is 29.2 Å². The molecule has 0 bridgehead atoms. The number of rotatable bonds is 7. The van der Waals surface area contributed by atoms with Crippen LogP contribution >= 0.6 is 0 Å². The van der Waals surface area contributed by atoms with Crippen LogP contribution in [0, 0.1) is 17.0 Å². The first-order valence-electron chi connectivity index (χ1n) is 9.17. The summed E-state index contributed by atoms with van der Waals surface area (Å²) in [5, 5.41) is 19.2. The number of para-hydroxylation sites is 1. The fourth-order valence-electron chi connectivity index (χ4n) is 2.75. The average Bonchev–Trinajstić information content (AvgIpc) is 2.74. The number of nitro groups is 1. The molecule has 0 unspecified atom stereocenters. The molecule has 0 aliphatic heterocycles. The predicted octanol–water partition coefficient (Wildman–Crippen LogP) is 4.21. The van der Waals surface area contributed by atoms with Crippen LogP contribution in [0.25, 0.3) is 0 Å². The number of hydrogen-bond donors (Lipinski definition) is 3. The standard InChI is InChI=1S/C22H20N4O4/c1-15-9-11-16(12-10-15)25-22(28)19-7-2-3-8-20(19)23-14-21(27)24-17-5-4-6-18(13-17)26(29)30/h2-13,23H,14H2,1H3,(H,24,27)(H,25,28). The van der Waals surface area contributed by atoms with E-state index in [0.717, 1.165) is 5.56 Å². The highest BCUT2D eigenvalue weighted by atomic mass is 16.6. The van der Waals surface area contributed by atoms with Crippen molar-refractivity contribution in [2.24, 2.45) is 0 Å². The molecule has 3 aromatic carbocycles. The van der Waals surface area contributed by atoms with E-state index in [9.17, 15) is 19.7 Å². The number of amides is 2. The number of nitro benzene ring substituents is 1. The lowest BCUT2D eigenvalue weighted by Gasteiger charge is -2.12. The maximum Gasteiger partial charge on any atom is 0.271 e. The summed E-state index contributed by atoms with van der Waals surface area (Å²) < 4.78 is 0. The van der Waals surface area contributed by atoms with Gasteiger partial charge in [0.2, 0.25) is 5.91 Å². The summed E-state index contributed by atoms with van der Waals surface area (Å²) in [7, 11) is 0. The Kier molecular flexibility index (Phi) is 6.39. The second-order valence-electron chi connectivity index (χ2n) is 6.57. The molecule has 0 radical (unpaired) electrons. The second kappa shape index (κ2) is 9.33. The zero-order valence-corrected chi connectivity index (χ0v) is 16.2. The number of nitrogens with one attached hydrogen (secondary N) is 3. The topological polar surface area (TPSA) is 113 Å². The van der Waals surface area contributed by atoms with Crippen LogP contribution in [0.5, 0.6) is 0 Å². The zero-order chi connectivity index (χ0) is 21.5. The molecular formula is C22H20N4O4. The Balaban J connectivity index is 1.63. The van der Waals surface area contributed by atoms with Crippen molar-refractivity contribution < 1.29 is 14.5 Å². The molecule has 2 amide bonds. The molecule has 0 heterocycles. The Morgan fingerprint density at radius 3 is 2.37 bits per heavy atom. The van der Waals surface area contributed by atoms with E-state index in [1.54, 1.807) is 30.3 Å². The predicted molar refractivity (Wildman–Crippen MR) is 116 cm³/mol. The highest BCUT2D eigenvalue weighted by Gasteiger charge is 2.13. The summed E-state index contributed by atoms with van der Waals surface area (Å²) in [5.74, 6) is -0.703. The second-order valence-corrected chi connectivity index (χ2v) is 6.57. The largest absolute Gasteiger partial charge is 0.376 e. The minimum Gasteiger partial charge on any atom is -0.376 e. The van der Waals surface area contributed by atoms with Crippen molar-refractivity contribution >= 4 is 34.6 Å². The van der Waals surface area contributed by atoms with Crippen molar-refractivity contribution in [2.45, 2.75) is 6.92 Å². The van der Waals surface area contributed by atoms with E-state index in [4.69, 9.17) is 0 Å². The normalized spacial score (nSPS) is 10.2. The molecule has 0 fully saturated rings. The first kappa shape index (κ1) is 20.5. The molecule has 0 atom stereocenters. The van der Waals surface area contributed by atoms with Crippen LogP contribution in [0.3, 0.4) is 0 Å². The number of benzene rings is 3. The molecule has 8 nitrogen and oxygen atoms in total. The summed E-state index contributed by atoms with van der Waals surface area (Å²) in [6.07, 6.45) is 0. The van der Waals surface area contributed by atoms with Crippen LogP contribution in [-0.2, 0) is 4.79 Å². The Labute approximate surface area is 173 Å². The molecular weight excluding hydrogens is 384 g/mol. The third-order valence-corrected chi connectivity index (χ3v) is 4.26. The Bertz CT molecular complexity index is 1080. The van der Waals surface area contributed by atoms with Gasteiger partial charge >= 0.3 is 0 Å². The molecule has 0 aromatic heterocycles. The van der Waals surface area contributed by atoms with E-state index >= 15 is 0 Å². The average molecular weight is 404 g/mol. The van der Waals surface area contributed by atoms with Crippen molar-refractivity contribution in [3.05, 3.63) is 94.0 Å². The van der Waals surface area contributed by atoms with Crippen molar-refractivity contribution in [3.63, 3.8) is 0 Å². The van der Waals surface area contributed by atoms with Crippen molar-refractivity contribution in [1.82, 2.24) is 0 Å². The third kappa shape index (κ3) is 5.41. The number of non-ortho nitro benzene ring substituents is 1. The van der Waals surface area contributed by atoms with Crippen LogP contribution in [0.15, 0.2) is 72.8 Å². The smallest absolute Gasteiger partial charge is 0.271 e. The van der Waals surface area contributed by atoms with Gasteiger partial charge in [0.15, 0.2) is 0 Å².